The second-order valence-electron chi connectivity index (χ2n) is 11.6. The van der Waals surface area contributed by atoms with Gasteiger partial charge in [-0.2, -0.15) is 0 Å². The number of aromatic hydroxyl groups is 1. The number of carbonyl (C=O) groups excluding carboxylic acids is 1. The first-order valence-electron chi connectivity index (χ1n) is 15.4. The average molecular weight is 632 g/mol. The Morgan fingerprint density at radius 1 is 1.00 bits per heavy atom. The molecule has 46 heavy (non-hydrogen) atoms. The maximum atomic E-state index is 14.8. The topological polar surface area (TPSA) is 152 Å². The van der Waals surface area contributed by atoms with E-state index in [1.807, 2.05) is 18.2 Å². The van der Waals surface area contributed by atoms with Crippen LogP contribution in [0.25, 0.3) is 10.9 Å². The molecule has 3 aromatic carbocycles. The van der Waals surface area contributed by atoms with Crippen molar-refractivity contribution in [2.45, 2.75) is 43.6 Å². The van der Waals surface area contributed by atoms with Gasteiger partial charge in [-0.15, -0.1) is 0 Å². The first kappa shape index (κ1) is 32.6. The summed E-state index contributed by atoms with van der Waals surface area (Å²) in [7, 11) is 0. The standard InChI is InChI=1S/C35H38FN3O7/c36-27-21-23(33(43)39-18-15-35(16-19-39,34(44)45)24-7-3-1-4-8-24)9-13-30(27)46-20-6-2-5-17-37-22-29(41)25-10-12-28(40)32-26(25)11-14-31(42)38-32/h1,3-4,7-14,21,29,37,40-41H,2,5-6,15-20,22H2,(H,38,42)(H,44,45). The van der Waals surface area contributed by atoms with Crippen LogP contribution in [0.3, 0.4) is 0 Å². The van der Waals surface area contributed by atoms with Crippen LogP contribution in [0.1, 0.15) is 59.7 Å². The number of H-pyrrole nitrogens is 1. The summed E-state index contributed by atoms with van der Waals surface area (Å²) in [4.78, 5) is 41.1. The molecule has 1 saturated heterocycles. The Morgan fingerprint density at radius 2 is 1.76 bits per heavy atom. The molecule has 0 spiro atoms. The summed E-state index contributed by atoms with van der Waals surface area (Å²) in [6.07, 6.45) is 2.01. The summed E-state index contributed by atoms with van der Waals surface area (Å²) in [5.41, 5.74) is 0.405. The van der Waals surface area contributed by atoms with Gasteiger partial charge < -0.3 is 35.3 Å². The van der Waals surface area contributed by atoms with E-state index in [2.05, 4.69) is 10.3 Å². The van der Waals surface area contributed by atoms with Crippen molar-refractivity contribution in [3.05, 3.63) is 106 Å². The van der Waals surface area contributed by atoms with E-state index < -0.39 is 23.3 Å². The van der Waals surface area contributed by atoms with Crippen LogP contribution in [0.5, 0.6) is 11.5 Å². The van der Waals surface area contributed by atoms with Crippen molar-refractivity contribution in [2.24, 2.45) is 0 Å². The number of aromatic amines is 1. The van der Waals surface area contributed by atoms with E-state index in [0.29, 0.717) is 30.5 Å². The summed E-state index contributed by atoms with van der Waals surface area (Å²) in [5.74, 6) is -1.88. The zero-order valence-electron chi connectivity index (χ0n) is 25.4. The van der Waals surface area contributed by atoms with E-state index in [1.165, 1.54) is 24.3 Å². The van der Waals surface area contributed by atoms with Crippen LogP contribution in [-0.4, -0.2) is 69.9 Å². The van der Waals surface area contributed by atoms with E-state index >= 15 is 0 Å². The summed E-state index contributed by atoms with van der Waals surface area (Å²) in [6, 6.07) is 19.2. The molecular weight excluding hydrogens is 593 g/mol. The molecular formula is C35H38FN3O7. The molecule has 0 saturated carbocycles. The molecule has 10 nitrogen and oxygen atoms in total. The fraction of sp³-hybridized carbons (Fsp3) is 0.343. The number of carbonyl (C=O) groups is 2. The highest BCUT2D eigenvalue weighted by Crippen LogP contribution is 2.36. The number of halogens is 1. The van der Waals surface area contributed by atoms with E-state index in [0.717, 1.165) is 24.5 Å². The summed E-state index contributed by atoms with van der Waals surface area (Å²) in [6.45, 7) is 1.74. The Morgan fingerprint density at radius 3 is 2.48 bits per heavy atom. The number of unbranched alkanes of at least 4 members (excludes halogenated alkanes) is 2. The highest BCUT2D eigenvalue weighted by molar-refractivity contribution is 5.95. The minimum absolute atomic E-state index is 0.0601. The SMILES string of the molecule is O=C(c1ccc(OCCCCCNCC(O)c2ccc(O)c3[nH]c(=O)ccc23)c(F)c1)N1CCC(C(=O)O)(c2ccccc2)CC1. The number of carboxylic acids is 1. The van der Waals surface area contributed by atoms with Gasteiger partial charge in [-0.1, -0.05) is 36.4 Å². The lowest BCUT2D eigenvalue weighted by atomic mass is 9.73. The van der Waals surface area contributed by atoms with Gasteiger partial charge in [0.05, 0.1) is 23.6 Å². The second-order valence-corrected chi connectivity index (χ2v) is 11.6. The average Bonchev–Trinajstić information content (AvgIpc) is 3.06. The van der Waals surface area contributed by atoms with Gasteiger partial charge in [0.25, 0.3) is 5.91 Å². The lowest BCUT2D eigenvalue weighted by molar-refractivity contribution is -0.145. The number of ether oxygens (including phenoxy) is 1. The number of benzene rings is 3. The highest BCUT2D eigenvalue weighted by Gasteiger charge is 2.44. The molecule has 1 atom stereocenters. The van der Waals surface area contributed by atoms with Crippen LogP contribution in [0.4, 0.5) is 4.39 Å². The number of carboxylic acid groups (broad SMARTS) is 1. The summed E-state index contributed by atoms with van der Waals surface area (Å²) in [5, 5.41) is 34.4. The van der Waals surface area contributed by atoms with E-state index in [-0.39, 0.29) is 66.5 Å². The lowest BCUT2D eigenvalue weighted by Gasteiger charge is -2.39. The van der Waals surface area contributed by atoms with Gasteiger partial charge in [0.15, 0.2) is 11.6 Å². The number of hydrogen-bond donors (Lipinski definition) is 5. The number of pyridine rings is 1. The van der Waals surface area contributed by atoms with E-state index in [1.54, 1.807) is 29.2 Å². The molecule has 1 fully saturated rings. The third-order valence-electron chi connectivity index (χ3n) is 8.68. The van der Waals surface area contributed by atoms with Crippen LogP contribution in [-0.2, 0) is 10.2 Å². The number of likely N-dealkylation sites (tertiary alicyclic amines) is 1. The van der Waals surface area contributed by atoms with Crippen LogP contribution in [0.2, 0.25) is 0 Å². The van der Waals surface area contributed by atoms with Gasteiger partial charge in [-0.25, -0.2) is 4.39 Å². The first-order valence-corrected chi connectivity index (χ1v) is 15.4. The van der Waals surface area contributed by atoms with Crippen molar-refractivity contribution in [3.8, 4) is 11.5 Å². The molecule has 0 aliphatic carbocycles. The number of rotatable bonds is 13. The Labute approximate surface area is 265 Å². The second kappa shape index (κ2) is 14.6. The summed E-state index contributed by atoms with van der Waals surface area (Å²) < 4.78 is 20.4. The quantitative estimate of drug-likeness (QED) is 0.135. The maximum absolute atomic E-state index is 14.8. The number of piperidine rings is 1. The molecule has 11 heteroatoms. The van der Waals surface area contributed by atoms with Gasteiger partial charge in [-0.3, -0.25) is 14.4 Å². The number of fused-ring (bicyclic) bond motifs is 1. The fourth-order valence-electron chi connectivity index (χ4n) is 6.02. The van der Waals surface area contributed by atoms with Crippen molar-refractivity contribution < 1.29 is 34.0 Å². The van der Waals surface area contributed by atoms with Crippen LogP contribution >= 0.6 is 0 Å². The number of aromatic nitrogens is 1. The number of aliphatic hydroxyl groups is 1. The van der Waals surface area contributed by atoms with Crippen LogP contribution in [0, 0.1) is 5.82 Å². The minimum atomic E-state index is -1.05. The van der Waals surface area contributed by atoms with Gasteiger partial charge in [0.2, 0.25) is 5.56 Å². The number of phenolic OH excluding ortho intramolecular Hbond substituents is 1. The predicted molar refractivity (Wildman–Crippen MR) is 171 cm³/mol. The van der Waals surface area contributed by atoms with Crippen LogP contribution < -0.4 is 15.6 Å². The van der Waals surface area contributed by atoms with Crippen molar-refractivity contribution in [1.29, 1.82) is 0 Å². The Kier molecular flexibility index (Phi) is 10.3. The molecule has 1 amide bonds. The van der Waals surface area contributed by atoms with Crippen molar-refractivity contribution in [2.75, 3.05) is 32.8 Å². The minimum Gasteiger partial charge on any atom is -0.506 e. The van der Waals surface area contributed by atoms with E-state index in [9.17, 15) is 34.1 Å². The smallest absolute Gasteiger partial charge is 0.314 e. The zero-order chi connectivity index (χ0) is 32.7. The third kappa shape index (κ3) is 7.21. The maximum Gasteiger partial charge on any atom is 0.314 e. The monoisotopic (exact) mass is 631 g/mol. The Bertz CT molecular complexity index is 1740. The molecule has 1 unspecified atom stereocenters. The summed E-state index contributed by atoms with van der Waals surface area (Å²) >= 11 is 0. The highest BCUT2D eigenvalue weighted by atomic mass is 19.1. The number of phenols is 1. The molecule has 4 aromatic rings. The Hall–Kier alpha value is -4.74. The Balaban J connectivity index is 1.02. The largest absolute Gasteiger partial charge is 0.506 e. The molecule has 2 heterocycles. The molecule has 0 bridgehead atoms. The number of amides is 1. The molecule has 5 N–H and O–H groups in total. The van der Waals surface area contributed by atoms with Gasteiger partial charge in [0.1, 0.15) is 5.75 Å². The molecule has 0 radical (unpaired) electrons. The first-order chi connectivity index (χ1) is 22.2. The van der Waals surface area contributed by atoms with E-state index in [4.69, 9.17) is 4.74 Å². The molecule has 1 aromatic heterocycles. The number of nitrogens with zero attached hydrogens (tertiary/aromatic N) is 1. The van der Waals surface area contributed by atoms with Crippen molar-refractivity contribution in [3.63, 3.8) is 0 Å². The number of nitrogens with one attached hydrogen (secondary N) is 2. The lowest BCUT2D eigenvalue weighted by Crippen LogP contribution is -2.49. The molecule has 1 aliphatic heterocycles. The number of hydrogen-bond acceptors (Lipinski definition) is 7. The fourth-order valence-corrected chi connectivity index (χ4v) is 6.02. The van der Waals surface area contributed by atoms with Gasteiger partial charge in [-0.05, 0) is 80.1 Å². The predicted octanol–water partition coefficient (Wildman–Crippen LogP) is 4.50. The van der Waals surface area contributed by atoms with Gasteiger partial charge >= 0.3 is 5.97 Å². The third-order valence-corrected chi connectivity index (χ3v) is 8.68. The molecule has 242 valence electrons. The zero-order valence-corrected chi connectivity index (χ0v) is 25.4. The van der Waals surface area contributed by atoms with Crippen molar-refractivity contribution >= 4 is 22.8 Å². The normalized spacial score (nSPS) is 15.0. The molecule has 1 aliphatic rings. The number of aliphatic carboxylic acids is 1. The van der Waals surface area contributed by atoms with Crippen molar-refractivity contribution in [1.82, 2.24) is 15.2 Å². The van der Waals surface area contributed by atoms with Crippen LogP contribution in [0.15, 0.2) is 77.6 Å². The van der Waals surface area contributed by atoms with Gasteiger partial charge in [0, 0.05) is 36.7 Å². The molecule has 5 rings (SSSR count). The number of aliphatic hydroxyl groups excluding tert-OH is 1.